The average molecular weight is 402 g/mol. The molecule has 5 nitrogen and oxygen atoms in total. The molecule has 1 amide bonds. The maximum Gasteiger partial charge on any atom is 0.218 e. The lowest BCUT2D eigenvalue weighted by Crippen LogP contribution is -2.35. The summed E-state index contributed by atoms with van der Waals surface area (Å²) >= 11 is 0. The number of rotatable bonds is 9. The Bertz CT molecular complexity index is 911. The zero-order valence-electron chi connectivity index (χ0n) is 16.4. The van der Waals surface area contributed by atoms with Crippen LogP contribution in [0.3, 0.4) is 0 Å². The number of primary amides is 1. The summed E-state index contributed by atoms with van der Waals surface area (Å²) in [5.74, 6) is -1.86. The molecule has 0 heterocycles. The van der Waals surface area contributed by atoms with Gasteiger partial charge in [0.2, 0.25) is 5.91 Å². The molecule has 0 radical (unpaired) electrons. The largest absolute Gasteiger partial charge is 0.496 e. The summed E-state index contributed by atoms with van der Waals surface area (Å²) in [5.41, 5.74) is 5.59. The van der Waals surface area contributed by atoms with Crippen molar-refractivity contribution in [3.63, 3.8) is 0 Å². The van der Waals surface area contributed by atoms with Gasteiger partial charge in [0, 0.05) is 29.6 Å². The maximum atomic E-state index is 15.6. The lowest BCUT2D eigenvalue weighted by Gasteiger charge is -2.25. The molecule has 0 aliphatic heterocycles. The van der Waals surface area contributed by atoms with E-state index in [4.69, 9.17) is 10.5 Å². The predicted octanol–water partition coefficient (Wildman–Crippen LogP) is 3.51. The SMILES string of the molecule is COc1ccc([C@H](N[C@H](C)CC(N)=O)C2CC2)c(F)c1C(=O)c1ccc(F)cc1. The van der Waals surface area contributed by atoms with Gasteiger partial charge in [-0.2, -0.15) is 0 Å². The minimum Gasteiger partial charge on any atom is -0.496 e. The first-order chi connectivity index (χ1) is 13.8. The molecule has 1 aliphatic carbocycles. The number of carbonyl (C=O) groups is 2. The van der Waals surface area contributed by atoms with Gasteiger partial charge in [-0.3, -0.25) is 9.59 Å². The van der Waals surface area contributed by atoms with Gasteiger partial charge in [-0.1, -0.05) is 6.07 Å². The van der Waals surface area contributed by atoms with E-state index in [0.29, 0.717) is 5.56 Å². The lowest BCUT2D eigenvalue weighted by molar-refractivity contribution is -0.118. The number of nitrogens with one attached hydrogen (secondary N) is 1. The van der Waals surface area contributed by atoms with Gasteiger partial charge >= 0.3 is 0 Å². The normalized spacial score (nSPS) is 15.6. The highest BCUT2D eigenvalue weighted by atomic mass is 19.1. The van der Waals surface area contributed by atoms with Crippen LogP contribution in [0.2, 0.25) is 0 Å². The van der Waals surface area contributed by atoms with Crippen LogP contribution in [0.4, 0.5) is 8.78 Å². The fourth-order valence-electron chi connectivity index (χ4n) is 3.52. The van der Waals surface area contributed by atoms with Crippen LogP contribution in [0.5, 0.6) is 5.75 Å². The third-order valence-electron chi connectivity index (χ3n) is 5.09. The van der Waals surface area contributed by atoms with Crippen molar-refractivity contribution in [2.24, 2.45) is 11.7 Å². The summed E-state index contributed by atoms with van der Waals surface area (Å²) in [7, 11) is 1.36. The predicted molar refractivity (Wildman–Crippen MR) is 105 cm³/mol. The molecule has 2 aromatic carbocycles. The van der Waals surface area contributed by atoms with Crippen LogP contribution in [0.25, 0.3) is 0 Å². The van der Waals surface area contributed by atoms with E-state index in [-0.39, 0.29) is 41.3 Å². The number of hydrogen-bond donors (Lipinski definition) is 2. The molecule has 0 spiro atoms. The third-order valence-corrected chi connectivity index (χ3v) is 5.09. The Kier molecular flexibility index (Phi) is 6.27. The van der Waals surface area contributed by atoms with Gasteiger partial charge in [-0.25, -0.2) is 8.78 Å². The molecule has 154 valence electrons. The Labute approximate surface area is 168 Å². The second-order valence-corrected chi connectivity index (χ2v) is 7.44. The number of ether oxygens (including phenoxy) is 1. The Morgan fingerprint density at radius 2 is 1.83 bits per heavy atom. The number of carbonyl (C=O) groups excluding carboxylic acids is 2. The fourth-order valence-corrected chi connectivity index (χ4v) is 3.52. The number of nitrogens with two attached hydrogens (primary N) is 1. The Balaban J connectivity index is 1.99. The molecule has 0 unspecified atom stereocenters. The van der Waals surface area contributed by atoms with Crippen LogP contribution in [-0.4, -0.2) is 24.8 Å². The third kappa shape index (κ3) is 4.79. The molecule has 1 saturated carbocycles. The number of methoxy groups -OCH3 is 1. The lowest BCUT2D eigenvalue weighted by atomic mass is 9.94. The van der Waals surface area contributed by atoms with Gasteiger partial charge in [-0.15, -0.1) is 0 Å². The van der Waals surface area contributed by atoms with E-state index in [1.54, 1.807) is 12.1 Å². The highest BCUT2D eigenvalue weighted by Gasteiger charge is 2.36. The van der Waals surface area contributed by atoms with Crippen molar-refractivity contribution in [2.45, 2.75) is 38.3 Å². The van der Waals surface area contributed by atoms with Crippen LogP contribution >= 0.6 is 0 Å². The number of halogens is 2. The monoisotopic (exact) mass is 402 g/mol. The molecule has 1 aliphatic rings. The number of ketones is 1. The van der Waals surface area contributed by atoms with Crippen LogP contribution in [0.1, 0.15) is 53.7 Å². The summed E-state index contributed by atoms with van der Waals surface area (Å²) in [6.45, 7) is 1.81. The van der Waals surface area contributed by atoms with E-state index in [1.807, 2.05) is 6.92 Å². The molecule has 0 bridgehead atoms. The minimum absolute atomic E-state index is 0.111. The summed E-state index contributed by atoms with van der Waals surface area (Å²) < 4.78 is 34.0. The summed E-state index contributed by atoms with van der Waals surface area (Å²) in [5, 5.41) is 3.28. The Morgan fingerprint density at radius 1 is 1.17 bits per heavy atom. The van der Waals surface area contributed by atoms with Crippen LogP contribution in [-0.2, 0) is 4.79 Å². The zero-order chi connectivity index (χ0) is 21.1. The summed E-state index contributed by atoms with van der Waals surface area (Å²) in [6.07, 6.45) is 1.98. The van der Waals surface area contributed by atoms with Crippen molar-refractivity contribution in [3.05, 3.63) is 64.7 Å². The topological polar surface area (TPSA) is 81.4 Å². The summed E-state index contributed by atoms with van der Waals surface area (Å²) in [4.78, 5) is 24.2. The second kappa shape index (κ2) is 8.69. The molecular weight excluding hydrogens is 378 g/mol. The van der Waals surface area contributed by atoms with Gasteiger partial charge in [0.25, 0.3) is 0 Å². The highest BCUT2D eigenvalue weighted by Crippen LogP contribution is 2.43. The van der Waals surface area contributed by atoms with E-state index in [0.717, 1.165) is 25.0 Å². The molecular formula is C22H24F2N2O3. The van der Waals surface area contributed by atoms with Gasteiger partial charge < -0.3 is 15.8 Å². The maximum absolute atomic E-state index is 15.6. The van der Waals surface area contributed by atoms with Crippen LogP contribution < -0.4 is 15.8 Å². The zero-order valence-corrected chi connectivity index (χ0v) is 16.4. The molecule has 7 heteroatoms. The van der Waals surface area contributed by atoms with Gasteiger partial charge in [0.05, 0.1) is 7.11 Å². The van der Waals surface area contributed by atoms with E-state index in [1.165, 1.54) is 19.2 Å². The van der Waals surface area contributed by atoms with Crippen molar-refractivity contribution in [1.29, 1.82) is 0 Å². The van der Waals surface area contributed by atoms with Crippen molar-refractivity contribution in [2.75, 3.05) is 7.11 Å². The van der Waals surface area contributed by atoms with Crippen LogP contribution in [0.15, 0.2) is 36.4 Å². The van der Waals surface area contributed by atoms with Gasteiger partial charge in [0.15, 0.2) is 5.78 Å². The Morgan fingerprint density at radius 3 is 2.38 bits per heavy atom. The standard InChI is InChI=1S/C22H24F2N2O3/c1-12(11-18(25)27)26-21(13-3-4-13)16-9-10-17(29-2)19(20(16)24)22(28)14-5-7-15(23)8-6-14/h5-10,12-13,21,26H,3-4,11H2,1-2H3,(H2,25,27)/t12-,21-/m1/s1. The first-order valence-corrected chi connectivity index (χ1v) is 9.52. The van der Waals surface area contributed by atoms with Crippen molar-refractivity contribution >= 4 is 11.7 Å². The molecule has 2 aromatic rings. The second-order valence-electron chi connectivity index (χ2n) is 7.44. The summed E-state index contributed by atoms with van der Waals surface area (Å²) in [6, 6.07) is 7.51. The Hall–Kier alpha value is -2.80. The molecule has 1 fully saturated rings. The van der Waals surface area contributed by atoms with E-state index in [9.17, 15) is 14.0 Å². The smallest absolute Gasteiger partial charge is 0.218 e. The molecule has 0 aromatic heterocycles. The molecule has 3 rings (SSSR count). The quantitative estimate of drug-likeness (QED) is 0.629. The van der Waals surface area contributed by atoms with E-state index >= 15 is 4.39 Å². The van der Waals surface area contributed by atoms with E-state index in [2.05, 4.69) is 5.32 Å². The van der Waals surface area contributed by atoms with Gasteiger partial charge in [-0.05, 0) is 56.0 Å². The number of amides is 1. The van der Waals surface area contributed by atoms with Crippen LogP contribution in [0, 0.1) is 17.6 Å². The first-order valence-electron chi connectivity index (χ1n) is 9.52. The molecule has 29 heavy (non-hydrogen) atoms. The number of hydrogen-bond acceptors (Lipinski definition) is 4. The van der Waals surface area contributed by atoms with Crippen molar-refractivity contribution in [1.82, 2.24) is 5.32 Å². The number of benzene rings is 2. The minimum atomic E-state index is -0.672. The molecule has 3 N–H and O–H groups in total. The van der Waals surface area contributed by atoms with Gasteiger partial charge in [0.1, 0.15) is 22.9 Å². The van der Waals surface area contributed by atoms with Crippen molar-refractivity contribution in [3.8, 4) is 5.75 Å². The highest BCUT2D eigenvalue weighted by molar-refractivity contribution is 6.11. The van der Waals surface area contributed by atoms with E-state index < -0.39 is 23.3 Å². The molecule has 0 saturated heterocycles. The fraction of sp³-hybridized carbons (Fsp3) is 0.364. The van der Waals surface area contributed by atoms with Crippen molar-refractivity contribution < 1.29 is 23.1 Å². The first kappa shape index (κ1) is 20.9. The molecule has 2 atom stereocenters. The average Bonchev–Trinajstić information content (AvgIpc) is 3.50.